The number of para-hydroxylation sites is 2. The number of nitrogens with two attached hydrogens (primary N) is 1. The van der Waals surface area contributed by atoms with Gasteiger partial charge in [-0.2, -0.15) is 0 Å². The predicted molar refractivity (Wildman–Crippen MR) is 79.9 cm³/mol. The van der Waals surface area contributed by atoms with Gasteiger partial charge >= 0.3 is 0 Å². The van der Waals surface area contributed by atoms with Crippen molar-refractivity contribution in [3.63, 3.8) is 0 Å². The van der Waals surface area contributed by atoms with Gasteiger partial charge in [-0.3, -0.25) is 9.59 Å². The minimum Gasteiger partial charge on any atom is -0.367 e. The van der Waals surface area contributed by atoms with Gasteiger partial charge in [0.15, 0.2) is 5.60 Å². The number of hydrogen-bond donors (Lipinski definition) is 1. The van der Waals surface area contributed by atoms with Crippen molar-refractivity contribution in [1.29, 1.82) is 0 Å². The van der Waals surface area contributed by atoms with Crippen LogP contribution in [0.4, 0.5) is 0 Å². The van der Waals surface area contributed by atoms with Crippen LogP contribution in [0.25, 0.3) is 11.0 Å². The normalized spacial score (nSPS) is 22.0. The SMILES string of the molecule is C[C@]1(C(N)=O)CN(C(=O)Cn2cnc3ccccc32)CCO1. The number of carbonyl (C=O) groups is 2. The van der Waals surface area contributed by atoms with Gasteiger partial charge in [0.1, 0.15) is 6.54 Å². The number of fused-ring (bicyclic) bond motifs is 1. The molecule has 1 aromatic carbocycles. The number of imidazole rings is 1. The van der Waals surface area contributed by atoms with E-state index in [1.807, 2.05) is 24.3 Å². The molecule has 1 aliphatic heterocycles. The van der Waals surface area contributed by atoms with Crippen molar-refractivity contribution < 1.29 is 14.3 Å². The first-order valence-electron chi connectivity index (χ1n) is 7.11. The Morgan fingerprint density at radius 1 is 1.41 bits per heavy atom. The lowest BCUT2D eigenvalue weighted by Gasteiger charge is -2.38. The first kappa shape index (κ1) is 14.5. The Morgan fingerprint density at radius 3 is 2.95 bits per heavy atom. The second-order valence-electron chi connectivity index (χ2n) is 5.62. The molecule has 0 saturated carbocycles. The largest absolute Gasteiger partial charge is 0.367 e. The molecule has 0 unspecified atom stereocenters. The molecule has 0 radical (unpaired) electrons. The molecule has 1 fully saturated rings. The van der Waals surface area contributed by atoms with Crippen LogP contribution in [0.2, 0.25) is 0 Å². The molecule has 1 aromatic heterocycles. The molecule has 0 spiro atoms. The van der Waals surface area contributed by atoms with Gasteiger partial charge in [-0.15, -0.1) is 0 Å². The van der Waals surface area contributed by atoms with E-state index >= 15 is 0 Å². The summed E-state index contributed by atoms with van der Waals surface area (Å²) in [7, 11) is 0. The molecule has 3 rings (SSSR count). The van der Waals surface area contributed by atoms with Crippen LogP contribution in [0.3, 0.4) is 0 Å². The van der Waals surface area contributed by atoms with Crippen molar-refractivity contribution in [2.24, 2.45) is 5.73 Å². The van der Waals surface area contributed by atoms with Crippen molar-refractivity contribution in [1.82, 2.24) is 14.5 Å². The van der Waals surface area contributed by atoms with Gasteiger partial charge in [0.2, 0.25) is 5.91 Å². The third-order valence-electron chi connectivity index (χ3n) is 3.98. The molecule has 2 heterocycles. The van der Waals surface area contributed by atoms with Gasteiger partial charge in [-0.1, -0.05) is 12.1 Å². The van der Waals surface area contributed by atoms with Crippen LogP contribution in [0.15, 0.2) is 30.6 Å². The third kappa shape index (κ3) is 2.55. The summed E-state index contributed by atoms with van der Waals surface area (Å²) in [5, 5.41) is 0. The minimum atomic E-state index is -1.12. The maximum Gasteiger partial charge on any atom is 0.251 e. The number of hydrogen-bond acceptors (Lipinski definition) is 4. The minimum absolute atomic E-state index is 0.0843. The number of primary amides is 1. The zero-order valence-corrected chi connectivity index (χ0v) is 12.4. The first-order valence-corrected chi connectivity index (χ1v) is 7.11. The van der Waals surface area contributed by atoms with E-state index in [0.29, 0.717) is 13.2 Å². The van der Waals surface area contributed by atoms with Gasteiger partial charge in [-0.25, -0.2) is 4.98 Å². The van der Waals surface area contributed by atoms with Gasteiger partial charge < -0.3 is 19.9 Å². The van der Waals surface area contributed by atoms with E-state index in [-0.39, 0.29) is 19.0 Å². The number of carbonyl (C=O) groups excluding carboxylic acids is 2. The van der Waals surface area contributed by atoms with Crippen LogP contribution in [-0.4, -0.2) is 51.6 Å². The van der Waals surface area contributed by atoms with Crippen molar-refractivity contribution >= 4 is 22.8 Å². The lowest BCUT2D eigenvalue weighted by atomic mass is 10.0. The van der Waals surface area contributed by atoms with Crippen molar-refractivity contribution in [3.8, 4) is 0 Å². The Labute approximate surface area is 127 Å². The van der Waals surface area contributed by atoms with Crippen LogP contribution in [0, 0.1) is 0 Å². The Bertz CT molecular complexity index is 726. The van der Waals surface area contributed by atoms with Gasteiger partial charge in [0.25, 0.3) is 5.91 Å². The van der Waals surface area contributed by atoms with E-state index in [2.05, 4.69) is 4.98 Å². The summed E-state index contributed by atoms with van der Waals surface area (Å²) in [6.07, 6.45) is 1.65. The summed E-state index contributed by atoms with van der Waals surface area (Å²) in [5.74, 6) is -0.642. The molecular formula is C15H18N4O3. The number of rotatable bonds is 3. The maximum absolute atomic E-state index is 12.5. The van der Waals surface area contributed by atoms with E-state index in [0.717, 1.165) is 11.0 Å². The topological polar surface area (TPSA) is 90.5 Å². The van der Waals surface area contributed by atoms with Crippen LogP contribution in [-0.2, 0) is 20.9 Å². The highest BCUT2D eigenvalue weighted by molar-refractivity contribution is 5.85. The molecule has 1 atom stereocenters. The lowest BCUT2D eigenvalue weighted by molar-refractivity contribution is -0.160. The van der Waals surface area contributed by atoms with Crippen LogP contribution >= 0.6 is 0 Å². The average Bonchev–Trinajstić information content (AvgIpc) is 2.90. The second-order valence-corrected chi connectivity index (χ2v) is 5.62. The van der Waals surface area contributed by atoms with Gasteiger partial charge in [0.05, 0.1) is 30.5 Å². The summed E-state index contributed by atoms with van der Waals surface area (Å²) in [4.78, 5) is 29.9. The number of morpholine rings is 1. The van der Waals surface area contributed by atoms with Crippen LogP contribution in [0.5, 0.6) is 0 Å². The molecule has 116 valence electrons. The summed E-state index contributed by atoms with van der Waals surface area (Å²) in [6.45, 7) is 2.72. The number of amides is 2. The first-order chi connectivity index (χ1) is 10.5. The van der Waals surface area contributed by atoms with E-state index in [4.69, 9.17) is 10.5 Å². The highest BCUT2D eigenvalue weighted by atomic mass is 16.5. The standard InChI is InChI=1S/C15H18N4O3/c1-15(14(16)21)9-18(6-7-22-15)13(20)8-19-10-17-11-4-2-3-5-12(11)19/h2-5,10H,6-9H2,1H3,(H2,16,21)/t15-/m1/s1. The number of ether oxygens (including phenoxy) is 1. The Hall–Kier alpha value is -2.41. The Kier molecular flexibility index (Phi) is 3.58. The fourth-order valence-corrected chi connectivity index (χ4v) is 2.61. The number of nitrogens with zero attached hydrogens (tertiary/aromatic N) is 3. The summed E-state index contributed by atoms with van der Waals surface area (Å²) < 4.78 is 7.23. The molecule has 22 heavy (non-hydrogen) atoms. The number of aromatic nitrogens is 2. The zero-order chi connectivity index (χ0) is 15.7. The summed E-state index contributed by atoms with van der Waals surface area (Å²) >= 11 is 0. The molecule has 1 saturated heterocycles. The zero-order valence-electron chi connectivity index (χ0n) is 12.4. The summed E-state index contributed by atoms with van der Waals surface area (Å²) in [5.41, 5.74) is 5.99. The van der Waals surface area contributed by atoms with Gasteiger partial charge in [-0.05, 0) is 19.1 Å². The Morgan fingerprint density at radius 2 is 2.18 bits per heavy atom. The average molecular weight is 302 g/mol. The molecule has 0 bridgehead atoms. The van der Waals surface area contributed by atoms with Crippen LogP contribution < -0.4 is 5.73 Å². The van der Waals surface area contributed by atoms with E-state index in [1.165, 1.54) is 0 Å². The summed E-state index contributed by atoms with van der Waals surface area (Å²) in [6, 6.07) is 7.63. The van der Waals surface area contributed by atoms with Crippen molar-refractivity contribution in [3.05, 3.63) is 30.6 Å². The number of benzene rings is 1. The van der Waals surface area contributed by atoms with E-state index in [1.54, 1.807) is 22.7 Å². The van der Waals surface area contributed by atoms with E-state index in [9.17, 15) is 9.59 Å². The lowest BCUT2D eigenvalue weighted by Crippen LogP contribution is -2.58. The van der Waals surface area contributed by atoms with Crippen molar-refractivity contribution in [2.75, 3.05) is 19.7 Å². The smallest absolute Gasteiger partial charge is 0.251 e. The van der Waals surface area contributed by atoms with Crippen LogP contribution in [0.1, 0.15) is 6.92 Å². The van der Waals surface area contributed by atoms with E-state index < -0.39 is 11.5 Å². The fourth-order valence-electron chi connectivity index (χ4n) is 2.61. The fraction of sp³-hybridized carbons (Fsp3) is 0.400. The molecule has 7 nitrogen and oxygen atoms in total. The molecule has 2 N–H and O–H groups in total. The molecule has 2 amide bonds. The molecule has 7 heteroatoms. The highest BCUT2D eigenvalue weighted by Gasteiger charge is 2.39. The molecule has 0 aliphatic carbocycles. The molecule has 2 aromatic rings. The monoisotopic (exact) mass is 302 g/mol. The highest BCUT2D eigenvalue weighted by Crippen LogP contribution is 2.18. The quantitative estimate of drug-likeness (QED) is 0.873. The third-order valence-corrected chi connectivity index (χ3v) is 3.98. The van der Waals surface area contributed by atoms with Crippen molar-refractivity contribution in [2.45, 2.75) is 19.1 Å². The second kappa shape index (κ2) is 5.42. The molecule has 1 aliphatic rings. The molecular weight excluding hydrogens is 284 g/mol. The van der Waals surface area contributed by atoms with Gasteiger partial charge in [0, 0.05) is 6.54 Å². The Balaban J connectivity index is 1.76. The maximum atomic E-state index is 12.5. The predicted octanol–water partition coefficient (Wildman–Crippen LogP) is 0.139.